The third-order valence-corrected chi connectivity index (χ3v) is 2.87. The maximum atomic E-state index is 11.0. The summed E-state index contributed by atoms with van der Waals surface area (Å²) in [6.45, 7) is 8.09. The van der Waals surface area contributed by atoms with Crippen molar-refractivity contribution >= 4 is 12.3 Å². The van der Waals surface area contributed by atoms with Crippen LogP contribution < -0.4 is 4.74 Å². The summed E-state index contributed by atoms with van der Waals surface area (Å²) in [6.07, 6.45) is 7.99. The van der Waals surface area contributed by atoms with Crippen molar-refractivity contribution in [1.82, 2.24) is 0 Å². The van der Waals surface area contributed by atoms with E-state index < -0.39 is 0 Å². The van der Waals surface area contributed by atoms with Gasteiger partial charge in [0, 0.05) is 6.42 Å². The monoisotopic (exact) mass is 316 g/mol. The van der Waals surface area contributed by atoms with Crippen LogP contribution in [0.3, 0.4) is 0 Å². The lowest BCUT2D eigenvalue weighted by Gasteiger charge is -2.01. The second-order valence-electron chi connectivity index (χ2n) is 5.51. The Labute approximate surface area is 140 Å². The van der Waals surface area contributed by atoms with Crippen LogP contribution in [0.5, 0.6) is 5.75 Å². The Bertz CT molecular complexity index is 509. The first kappa shape index (κ1) is 20.8. The van der Waals surface area contributed by atoms with Gasteiger partial charge in [0.15, 0.2) is 0 Å². The molecule has 0 unspecified atom stereocenters. The van der Waals surface area contributed by atoms with Gasteiger partial charge in [0.1, 0.15) is 12.0 Å². The van der Waals surface area contributed by atoms with Crippen molar-refractivity contribution in [2.24, 2.45) is 0 Å². The summed E-state index contributed by atoms with van der Waals surface area (Å²) in [5, 5.41) is 0. The minimum atomic E-state index is -0.163. The van der Waals surface area contributed by atoms with Crippen LogP contribution in [0.15, 0.2) is 53.6 Å². The van der Waals surface area contributed by atoms with Crippen LogP contribution in [-0.4, -0.2) is 12.3 Å². The van der Waals surface area contributed by atoms with Crippen molar-refractivity contribution in [2.45, 2.75) is 53.4 Å². The highest BCUT2D eigenvalue weighted by atomic mass is 16.5. The Kier molecular flexibility index (Phi) is 12.2. The van der Waals surface area contributed by atoms with E-state index in [1.165, 1.54) is 5.57 Å². The molecule has 23 heavy (non-hydrogen) atoms. The summed E-state index contributed by atoms with van der Waals surface area (Å²) in [5.41, 5.74) is 2.49. The first-order valence-corrected chi connectivity index (χ1v) is 7.99. The lowest BCUT2D eigenvalue weighted by atomic mass is 10.1. The lowest BCUT2D eigenvalue weighted by molar-refractivity contribution is -0.134. The minimum Gasteiger partial charge on any atom is -0.427 e. The Morgan fingerprint density at radius 3 is 2.26 bits per heavy atom. The Balaban J connectivity index is 0.000000423. The highest BCUT2D eigenvalue weighted by Gasteiger charge is 2.00. The lowest BCUT2D eigenvalue weighted by Crippen LogP contribution is -2.06. The number of carbonyl (C=O) groups is 2. The molecule has 0 aliphatic rings. The fraction of sp³-hybridized carbons (Fsp3) is 0.400. The fourth-order valence-corrected chi connectivity index (χ4v) is 1.66. The number of aldehydes is 1. The van der Waals surface area contributed by atoms with Crippen LogP contribution in [-0.2, 0) is 9.59 Å². The third kappa shape index (κ3) is 13.2. The zero-order chi connectivity index (χ0) is 17.5. The molecule has 0 saturated carbocycles. The molecule has 126 valence electrons. The van der Waals surface area contributed by atoms with Crippen LogP contribution in [0, 0.1) is 0 Å². The Morgan fingerprint density at radius 2 is 1.74 bits per heavy atom. The summed E-state index contributed by atoms with van der Waals surface area (Å²) in [7, 11) is 0. The number of hydrogen-bond acceptors (Lipinski definition) is 3. The van der Waals surface area contributed by atoms with Gasteiger partial charge in [-0.1, -0.05) is 42.3 Å². The molecule has 0 heterocycles. The molecule has 0 amide bonds. The van der Waals surface area contributed by atoms with E-state index in [1.807, 2.05) is 32.0 Å². The molecule has 1 rings (SSSR count). The molecular weight excluding hydrogens is 288 g/mol. The number of para-hydroxylation sites is 1. The van der Waals surface area contributed by atoms with Gasteiger partial charge in [-0.05, 0) is 58.2 Å². The number of rotatable bonds is 7. The first-order chi connectivity index (χ1) is 11.0. The highest BCUT2D eigenvalue weighted by Crippen LogP contribution is 2.09. The Hall–Kier alpha value is -2.16. The zero-order valence-corrected chi connectivity index (χ0v) is 14.7. The van der Waals surface area contributed by atoms with Gasteiger partial charge in [-0.3, -0.25) is 9.59 Å². The zero-order valence-electron chi connectivity index (χ0n) is 14.7. The van der Waals surface area contributed by atoms with Crippen molar-refractivity contribution in [2.75, 3.05) is 0 Å². The summed E-state index contributed by atoms with van der Waals surface area (Å²) < 4.78 is 5.02. The van der Waals surface area contributed by atoms with E-state index in [2.05, 4.69) is 19.9 Å². The smallest absolute Gasteiger partial charge is 0.311 e. The molecule has 0 radical (unpaired) electrons. The van der Waals surface area contributed by atoms with E-state index in [9.17, 15) is 9.59 Å². The molecule has 0 aromatic heterocycles. The summed E-state index contributed by atoms with van der Waals surface area (Å²) in [5.74, 6) is 0.458. The summed E-state index contributed by atoms with van der Waals surface area (Å²) in [6, 6.07) is 9.11. The molecule has 0 aliphatic carbocycles. The van der Waals surface area contributed by atoms with Gasteiger partial charge in [-0.2, -0.15) is 0 Å². The van der Waals surface area contributed by atoms with Crippen LogP contribution >= 0.6 is 0 Å². The van der Waals surface area contributed by atoms with Gasteiger partial charge >= 0.3 is 5.97 Å². The van der Waals surface area contributed by atoms with Gasteiger partial charge in [-0.15, -0.1) is 0 Å². The number of hydrogen-bond donors (Lipinski definition) is 0. The molecule has 0 bridgehead atoms. The minimum absolute atomic E-state index is 0.163. The molecule has 0 N–H and O–H groups in total. The topological polar surface area (TPSA) is 43.4 Å². The molecule has 0 aliphatic heterocycles. The van der Waals surface area contributed by atoms with E-state index in [0.717, 1.165) is 31.1 Å². The largest absolute Gasteiger partial charge is 0.427 e. The van der Waals surface area contributed by atoms with Gasteiger partial charge in [0.25, 0.3) is 0 Å². The van der Waals surface area contributed by atoms with Gasteiger partial charge < -0.3 is 4.74 Å². The number of esters is 1. The second-order valence-corrected chi connectivity index (χ2v) is 5.51. The summed E-state index contributed by atoms with van der Waals surface area (Å²) in [4.78, 5) is 21.0. The maximum Gasteiger partial charge on any atom is 0.311 e. The molecule has 0 spiro atoms. The maximum absolute atomic E-state index is 11.0. The van der Waals surface area contributed by atoms with Gasteiger partial charge in [0.05, 0.1) is 0 Å². The quantitative estimate of drug-likeness (QED) is 0.226. The molecular formula is C20H28O3. The fourth-order valence-electron chi connectivity index (χ4n) is 1.66. The third-order valence-electron chi connectivity index (χ3n) is 2.87. The van der Waals surface area contributed by atoms with Crippen molar-refractivity contribution in [3.05, 3.63) is 53.6 Å². The van der Waals surface area contributed by atoms with Crippen molar-refractivity contribution in [1.29, 1.82) is 0 Å². The molecule has 3 heteroatoms. The van der Waals surface area contributed by atoms with Crippen molar-refractivity contribution < 1.29 is 14.3 Å². The molecule has 0 saturated heterocycles. The average Bonchev–Trinajstić information content (AvgIpc) is 2.49. The van der Waals surface area contributed by atoms with Crippen LogP contribution in [0.4, 0.5) is 0 Å². The molecule has 3 nitrogen and oxygen atoms in total. The highest BCUT2D eigenvalue weighted by molar-refractivity contribution is 5.72. The normalized spacial score (nSPS) is 10.2. The van der Waals surface area contributed by atoms with E-state index in [0.29, 0.717) is 12.2 Å². The average molecular weight is 316 g/mol. The van der Waals surface area contributed by atoms with Gasteiger partial charge in [0.2, 0.25) is 0 Å². The number of carbonyl (C=O) groups excluding carboxylic acids is 2. The Morgan fingerprint density at radius 1 is 1.09 bits per heavy atom. The van der Waals surface area contributed by atoms with Crippen LogP contribution in [0.2, 0.25) is 0 Å². The SMILES string of the molecule is CC(C)=CCCC(C)=CC=O.CCCC(=O)Oc1ccccc1. The standard InChI is InChI=1S/C10H12O2.C10H16O/c1-2-6-10(11)12-9-7-4-3-5-8-9;1-9(2)5-4-6-10(3)7-8-11/h3-5,7-8H,2,6H2,1H3;5,7-8H,4,6H2,1-3H3. The van der Waals surface area contributed by atoms with E-state index in [1.54, 1.807) is 18.2 Å². The van der Waals surface area contributed by atoms with E-state index >= 15 is 0 Å². The predicted molar refractivity (Wildman–Crippen MR) is 95.5 cm³/mol. The van der Waals surface area contributed by atoms with E-state index in [4.69, 9.17) is 4.74 Å². The van der Waals surface area contributed by atoms with Crippen LogP contribution in [0.25, 0.3) is 0 Å². The summed E-state index contributed by atoms with van der Waals surface area (Å²) >= 11 is 0. The predicted octanol–water partition coefficient (Wildman–Crippen LogP) is 5.27. The second kappa shape index (κ2) is 13.5. The number of ether oxygens (including phenoxy) is 1. The number of benzene rings is 1. The van der Waals surface area contributed by atoms with Gasteiger partial charge in [-0.25, -0.2) is 0 Å². The van der Waals surface area contributed by atoms with Crippen molar-refractivity contribution in [3.8, 4) is 5.75 Å². The molecule has 0 atom stereocenters. The first-order valence-electron chi connectivity index (χ1n) is 7.99. The molecule has 1 aromatic rings. The van der Waals surface area contributed by atoms with E-state index in [-0.39, 0.29) is 5.97 Å². The number of allylic oxidation sites excluding steroid dienone is 4. The molecule has 1 aromatic carbocycles. The van der Waals surface area contributed by atoms with Crippen molar-refractivity contribution in [3.63, 3.8) is 0 Å². The van der Waals surface area contributed by atoms with Crippen LogP contribution in [0.1, 0.15) is 53.4 Å². The molecule has 0 fully saturated rings.